The van der Waals surface area contributed by atoms with E-state index in [1.54, 1.807) is 36.2 Å². The Morgan fingerprint density at radius 3 is 2.55 bits per heavy atom. The number of carbonyl (C=O) groups is 1. The van der Waals surface area contributed by atoms with Gasteiger partial charge >= 0.3 is 0 Å². The molecule has 31 heavy (non-hydrogen) atoms. The zero-order valence-corrected chi connectivity index (χ0v) is 16.5. The van der Waals surface area contributed by atoms with Crippen molar-refractivity contribution < 1.29 is 9.90 Å². The third-order valence-corrected chi connectivity index (χ3v) is 5.65. The van der Waals surface area contributed by atoms with Crippen molar-refractivity contribution in [3.8, 4) is 5.75 Å². The zero-order valence-electron chi connectivity index (χ0n) is 16.5. The number of fused-ring (bicyclic) bond motifs is 2. The maximum absolute atomic E-state index is 13.2. The first kappa shape index (κ1) is 18.7. The van der Waals surface area contributed by atoms with Crippen molar-refractivity contribution >= 4 is 34.3 Å². The van der Waals surface area contributed by atoms with Crippen LogP contribution in [-0.4, -0.2) is 27.4 Å². The van der Waals surface area contributed by atoms with Gasteiger partial charge in [-0.05, 0) is 24.3 Å². The summed E-state index contributed by atoms with van der Waals surface area (Å²) in [5, 5.41) is 22.2. The minimum Gasteiger partial charge on any atom is -0.507 e. The van der Waals surface area contributed by atoms with Gasteiger partial charge in [0, 0.05) is 12.4 Å². The molecule has 0 unspecified atom stereocenters. The van der Waals surface area contributed by atoms with Crippen molar-refractivity contribution in [2.24, 2.45) is 29.0 Å². The molecule has 5 N–H and O–H groups in total. The molecular formula is C21H19N7O3. The SMILES string of the molecule is Cn1c(=O)c([C@@H]2NN=C3[C@H]2C(=O)N/C(=N\N)N3c2ccccc2)c(O)c2ccccc21. The largest absolute Gasteiger partial charge is 0.507 e. The number of benzene rings is 2. The molecule has 0 bridgehead atoms. The second kappa shape index (κ2) is 6.87. The molecule has 0 aliphatic carbocycles. The molecule has 1 amide bonds. The van der Waals surface area contributed by atoms with Gasteiger partial charge in [0.15, 0.2) is 5.84 Å². The van der Waals surface area contributed by atoms with Gasteiger partial charge in [0.1, 0.15) is 11.7 Å². The number of amides is 1. The number of aromatic nitrogens is 1. The molecule has 1 saturated heterocycles. The second-order valence-corrected chi connectivity index (χ2v) is 7.31. The molecule has 1 fully saturated rings. The lowest BCUT2D eigenvalue weighted by Crippen LogP contribution is -2.59. The molecule has 3 aromatic rings. The van der Waals surface area contributed by atoms with Gasteiger partial charge < -0.3 is 15.5 Å². The highest BCUT2D eigenvalue weighted by molar-refractivity contribution is 6.31. The highest BCUT2D eigenvalue weighted by Gasteiger charge is 2.48. The summed E-state index contributed by atoms with van der Waals surface area (Å²) in [5.41, 5.74) is 3.81. The first-order chi connectivity index (χ1) is 15.0. The van der Waals surface area contributed by atoms with Crippen molar-refractivity contribution in [2.45, 2.75) is 6.04 Å². The lowest BCUT2D eigenvalue weighted by Gasteiger charge is -2.34. The minimum atomic E-state index is -0.884. The summed E-state index contributed by atoms with van der Waals surface area (Å²) < 4.78 is 1.45. The molecule has 0 saturated carbocycles. The van der Waals surface area contributed by atoms with E-state index in [0.717, 1.165) is 0 Å². The maximum atomic E-state index is 13.2. The quantitative estimate of drug-likeness (QED) is 0.358. The van der Waals surface area contributed by atoms with E-state index in [4.69, 9.17) is 5.84 Å². The van der Waals surface area contributed by atoms with Crippen LogP contribution in [0.25, 0.3) is 10.9 Å². The Morgan fingerprint density at radius 1 is 1.10 bits per heavy atom. The fourth-order valence-electron chi connectivity index (χ4n) is 4.17. The number of anilines is 1. The Hall–Kier alpha value is -4.34. The van der Waals surface area contributed by atoms with Crippen LogP contribution in [0.2, 0.25) is 0 Å². The fourth-order valence-corrected chi connectivity index (χ4v) is 4.17. The number of hydrogen-bond acceptors (Lipinski definition) is 7. The molecule has 5 rings (SSSR count). The minimum absolute atomic E-state index is 0.0706. The summed E-state index contributed by atoms with van der Waals surface area (Å²) in [6.45, 7) is 0. The van der Waals surface area contributed by atoms with E-state index in [9.17, 15) is 14.7 Å². The number of hydrazone groups is 2. The smallest absolute Gasteiger partial charge is 0.259 e. The van der Waals surface area contributed by atoms with Crippen molar-refractivity contribution in [2.75, 3.05) is 4.90 Å². The molecule has 0 radical (unpaired) electrons. The average molecular weight is 417 g/mol. The number of nitrogens with zero attached hydrogens (tertiary/aromatic N) is 4. The third kappa shape index (κ3) is 2.65. The maximum Gasteiger partial charge on any atom is 0.259 e. The number of carbonyl (C=O) groups excluding carboxylic acids is 1. The average Bonchev–Trinajstić information content (AvgIpc) is 3.23. The number of pyridine rings is 1. The number of para-hydroxylation sites is 2. The van der Waals surface area contributed by atoms with E-state index in [1.807, 2.05) is 30.3 Å². The highest BCUT2D eigenvalue weighted by atomic mass is 16.3. The fraction of sp³-hybridized carbons (Fsp3) is 0.143. The van der Waals surface area contributed by atoms with E-state index in [-0.39, 0.29) is 17.3 Å². The number of hydrogen-bond donors (Lipinski definition) is 4. The number of aryl methyl sites for hydroxylation is 1. The van der Waals surface area contributed by atoms with Crippen molar-refractivity contribution in [1.82, 2.24) is 15.3 Å². The standard InChI is InChI=1S/C21H19N7O3/c1-27-13-10-6-5-9-12(13)17(29)14(20(27)31)16-15-18(26-25-16)28(11-7-3-2-4-8-11)21(24-22)23-19(15)30/h2-10,15-16,25,29H,22H2,1H3,(H,23,24,30)/t15-,16-/m0/s1. The third-order valence-electron chi connectivity index (χ3n) is 5.65. The first-order valence-electron chi connectivity index (χ1n) is 9.60. The molecular weight excluding hydrogens is 398 g/mol. The van der Waals surface area contributed by atoms with Crippen LogP contribution >= 0.6 is 0 Å². The molecule has 2 aliphatic rings. The Bertz CT molecular complexity index is 1330. The number of nitrogens with two attached hydrogens (primary N) is 1. The van der Waals surface area contributed by atoms with Gasteiger partial charge in [-0.2, -0.15) is 5.10 Å². The predicted octanol–water partition coefficient (Wildman–Crippen LogP) is 0.684. The van der Waals surface area contributed by atoms with Gasteiger partial charge in [-0.3, -0.25) is 25.2 Å². The molecule has 0 spiro atoms. The summed E-state index contributed by atoms with van der Waals surface area (Å²) >= 11 is 0. The summed E-state index contributed by atoms with van der Waals surface area (Å²) in [6.07, 6.45) is 0. The molecule has 3 heterocycles. The van der Waals surface area contributed by atoms with Crippen LogP contribution in [0.1, 0.15) is 11.6 Å². The summed E-state index contributed by atoms with van der Waals surface area (Å²) in [4.78, 5) is 27.8. The van der Waals surface area contributed by atoms with Crippen molar-refractivity contribution in [3.63, 3.8) is 0 Å². The lowest BCUT2D eigenvalue weighted by molar-refractivity contribution is -0.122. The van der Waals surface area contributed by atoms with Gasteiger partial charge in [-0.25, -0.2) is 0 Å². The van der Waals surface area contributed by atoms with Gasteiger partial charge in [0.2, 0.25) is 11.9 Å². The van der Waals surface area contributed by atoms with Crippen LogP contribution in [-0.2, 0) is 11.8 Å². The Labute approximate surface area is 176 Å². The Morgan fingerprint density at radius 2 is 1.81 bits per heavy atom. The van der Waals surface area contributed by atoms with E-state index in [1.165, 1.54) is 4.57 Å². The topological polar surface area (TPSA) is 137 Å². The first-order valence-corrected chi connectivity index (χ1v) is 9.60. The zero-order chi connectivity index (χ0) is 21.7. The number of amidine groups is 1. The number of aromatic hydroxyl groups is 1. The van der Waals surface area contributed by atoms with Crippen LogP contribution in [0.3, 0.4) is 0 Å². The molecule has 10 heteroatoms. The van der Waals surface area contributed by atoms with Gasteiger partial charge in [-0.15, -0.1) is 5.10 Å². The van der Waals surface area contributed by atoms with Gasteiger partial charge in [0.05, 0.1) is 22.8 Å². The van der Waals surface area contributed by atoms with E-state index >= 15 is 0 Å². The number of nitrogens with one attached hydrogen (secondary N) is 2. The van der Waals surface area contributed by atoms with Crippen molar-refractivity contribution in [3.05, 3.63) is 70.5 Å². The van der Waals surface area contributed by atoms with E-state index in [2.05, 4.69) is 20.9 Å². The van der Waals surface area contributed by atoms with E-state index in [0.29, 0.717) is 22.4 Å². The monoisotopic (exact) mass is 417 g/mol. The highest BCUT2D eigenvalue weighted by Crippen LogP contribution is 2.38. The Balaban J connectivity index is 1.66. The molecule has 1 aromatic heterocycles. The predicted molar refractivity (Wildman–Crippen MR) is 116 cm³/mol. The van der Waals surface area contributed by atoms with Gasteiger partial charge in [-0.1, -0.05) is 30.3 Å². The second-order valence-electron chi connectivity index (χ2n) is 7.31. The van der Waals surface area contributed by atoms with Crippen LogP contribution in [0.4, 0.5) is 5.69 Å². The van der Waals surface area contributed by atoms with Crippen molar-refractivity contribution in [1.29, 1.82) is 0 Å². The number of guanidine groups is 1. The van der Waals surface area contributed by atoms with Crippen LogP contribution in [0.15, 0.2) is 69.6 Å². The normalized spacial score (nSPS) is 21.6. The molecule has 2 aromatic carbocycles. The Kier molecular flexibility index (Phi) is 4.14. The van der Waals surface area contributed by atoms with Gasteiger partial charge in [0.25, 0.3) is 5.56 Å². The van der Waals surface area contributed by atoms with Crippen LogP contribution in [0.5, 0.6) is 5.75 Å². The van der Waals surface area contributed by atoms with Crippen LogP contribution < -0.4 is 27.0 Å². The van der Waals surface area contributed by atoms with Crippen LogP contribution in [0, 0.1) is 5.92 Å². The number of rotatable bonds is 2. The molecule has 2 aliphatic heterocycles. The molecule has 2 atom stereocenters. The summed E-state index contributed by atoms with van der Waals surface area (Å²) in [7, 11) is 1.63. The summed E-state index contributed by atoms with van der Waals surface area (Å²) in [6, 6.07) is 15.3. The lowest BCUT2D eigenvalue weighted by atomic mass is 9.90. The van der Waals surface area contributed by atoms with E-state index < -0.39 is 23.4 Å². The molecule has 10 nitrogen and oxygen atoms in total. The molecule has 156 valence electrons. The summed E-state index contributed by atoms with van der Waals surface area (Å²) in [5.74, 6) is 4.47.